The Bertz CT molecular complexity index is 1260. The van der Waals surface area contributed by atoms with E-state index in [9.17, 15) is 9.59 Å². The van der Waals surface area contributed by atoms with E-state index in [1.165, 1.54) is 4.90 Å². The molecular formula is C27H26N2O3. The first kappa shape index (κ1) is 21.4. The van der Waals surface area contributed by atoms with Crippen LogP contribution in [0.5, 0.6) is 5.75 Å². The van der Waals surface area contributed by atoms with Gasteiger partial charge in [-0.1, -0.05) is 30.3 Å². The lowest BCUT2D eigenvalue weighted by molar-refractivity contribution is -0.120. The summed E-state index contributed by atoms with van der Waals surface area (Å²) in [6.45, 7) is 7.93. The lowest BCUT2D eigenvalue weighted by Gasteiger charge is -2.17. The molecule has 5 nitrogen and oxygen atoms in total. The fourth-order valence-electron chi connectivity index (χ4n) is 3.78. The normalized spacial score (nSPS) is 13.7. The Labute approximate surface area is 188 Å². The van der Waals surface area contributed by atoms with E-state index in [4.69, 9.17) is 4.74 Å². The molecule has 0 aliphatic carbocycles. The number of nitrogens with zero attached hydrogens (tertiary/aromatic N) is 1. The second-order valence-electron chi connectivity index (χ2n) is 8.14. The molecule has 2 amide bonds. The first-order valence-corrected chi connectivity index (χ1v) is 10.5. The van der Waals surface area contributed by atoms with Crippen molar-refractivity contribution >= 4 is 28.8 Å². The predicted molar refractivity (Wildman–Crippen MR) is 128 cm³/mol. The molecule has 0 spiro atoms. The van der Waals surface area contributed by atoms with Crippen molar-refractivity contribution in [3.8, 4) is 5.75 Å². The van der Waals surface area contributed by atoms with Crippen LogP contribution in [-0.4, -0.2) is 18.9 Å². The first-order valence-electron chi connectivity index (χ1n) is 10.5. The fraction of sp³-hybridized carbons (Fsp3) is 0.185. The highest BCUT2D eigenvalue weighted by Gasteiger charge is 2.40. The van der Waals surface area contributed by atoms with Crippen LogP contribution in [0, 0.1) is 27.7 Å². The molecule has 4 rings (SSSR count). The van der Waals surface area contributed by atoms with Gasteiger partial charge in [-0.2, -0.15) is 0 Å². The van der Waals surface area contributed by atoms with Gasteiger partial charge in [0.25, 0.3) is 11.8 Å². The molecule has 162 valence electrons. The highest BCUT2D eigenvalue weighted by molar-refractivity contribution is 6.46. The van der Waals surface area contributed by atoms with Gasteiger partial charge in [0.05, 0.1) is 18.4 Å². The molecule has 0 saturated heterocycles. The number of rotatable bonds is 5. The van der Waals surface area contributed by atoms with E-state index in [1.54, 1.807) is 31.4 Å². The molecule has 0 aromatic heterocycles. The third-order valence-corrected chi connectivity index (χ3v) is 5.86. The number of imide groups is 1. The van der Waals surface area contributed by atoms with Gasteiger partial charge in [-0.3, -0.25) is 9.59 Å². The zero-order valence-corrected chi connectivity index (χ0v) is 18.9. The minimum Gasteiger partial charge on any atom is -0.497 e. The van der Waals surface area contributed by atoms with E-state index in [0.717, 1.165) is 27.9 Å². The standard InChI is InChI=1S/C27H26N2O3/c1-16-6-7-18(3)23(14-16)28-25-24(20-9-12-22(32-5)13-10-20)26(30)29(27(25)31)21-11-8-17(2)19(4)15-21/h6-15,28H,1-5H3. The van der Waals surface area contributed by atoms with E-state index >= 15 is 0 Å². The van der Waals surface area contributed by atoms with Gasteiger partial charge < -0.3 is 10.1 Å². The summed E-state index contributed by atoms with van der Waals surface area (Å²) in [6, 6.07) is 18.8. The second-order valence-corrected chi connectivity index (χ2v) is 8.14. The molecule has 0 atom stereocenters. The van der Waals surface area contributed by atoms with Crippen molar-refractivity contribution in [2.45, 2.75) is 27.7 Å². The minimum atomic E-state index is -0.370. The van der Waals surface area contributed by atoms with Gasteiger partial charge in [0, 0.05) is 5.69 Å². The third-order valence-electron chi connectivity index (χ3n) is 5.86. The summed E-state index contributed by atoms with van der Waals surface area (Å²) in [4.78, 5) is 28.4. The maximum absolute atomic E-state index is 13.6. The van der Waals surface area contributed by atoms with Crippen LogP contribution in [0.15, 0.2) is 66.4 Å². The van der Waals surface area contributed by atoms with Crippen LogP contribution in [-0.2, 0) is 9.59 Å². The number of hydrogen-bond acceptors (Lipinski definition) is 4. The zero-order valence-electron chi connectivity index (χ0n) is 18.9. The maximum Gasteiger partial charge on any atom is 0.282 e. The van der Waals surface area contributed by atoms with Crippen LogP contribution >= 0.6 is 0 Å². The van der Waals surface area contributed by atoms with Crippen LogP contribution in [0.1, 0.15) is 27.8 Å². The summed E-state index contributed by atoms with van der Waals surface area (Å²) in [5.41, 5.74) is 6.80. The monoisotopic (exact) mass is 426 g/mol. The number of aryl methyl sites for hydroxylation is 4. The summed E-state index contributed by atoms with van der Waals surface area (Å²) in [5.74, 6) is -0.0395. The largest absolute Gasteiger partial charge is 0.497 e. The summed E-state index contributed by atoms with van der Waals surface area (Å²) in [7, 11) is 1.59. The Morgan fingerprint density at radius 3 is 2.09 bits per heavy atom. The molecule has 3 aromatic rings. The van der Waals surface area contributed by atoms with Crippen LogP contribution in [0.4, 0.5) is 11.4 Å². The van der Waals surface area contributed by atoms with Crippen molar-refractivity contribution in [3.63, 3.8) is 0 Å². The van der Waals surface area contributed by atoms with E-state index in [-0.39, 0.29) is 17.5 Å². The van der Waals surface area contributed by atoms with Crippen molar-refractivity contribution < 1.29 is 14.3 Å². The van der Waals surface area contributed by atoms with Gasteiger partial charge >= 0.3 is 0 Å². The number of carbonyl (C=O) groups excluding carboxylic acids is 2. The average molecular weight is 427 g/mol. The predicted octanol–water partition coefficient (Wildman–Crippen LogP) is 5.33. The molecule has 3 aromatic carbocycles. The molecule has 0 saturated carbocycles. The maximum atomic E-state index is 13.6. The topological polar surface area (TPSA) is 58.6 Å². The van der Waals surface area contributed by atoms with Crippen molar-refractivity contribution in [2.75, 3.05) is 17.3 Å². The molecule has 5 heteroatoms. The molecule has 0 fully saturated rings. The van der Waals surface area contributed by atoms with Crippen LogP contribution in [0.25, 0.3) is 5.57 Å². The first-order chi connectivity index (χ1) is 15.3. The van der Waals surface area contributed by atoms with Gasteiger partial charge in [0.15, 0.2) is 0 Å². The number of ether oxygens (including phenoxy) is 1. The van der Waals surface area contributed by atoms with Gasteiger partial charge in [0.1, 0.15) is 11.4 Å². The quantitative estimate of drug-likeness (QED) is 0.561. The SMILES string of the molecule is COc1ccc(C2=C(Nc3cc(C)ccc3C)C(=O)N(c3ccc(C)c(C)c3)C2=O)cc1. The molecule has 0 bridgehead atoms. The number of methoxy groups -OCH3 is 1. The van der Waals surface area contributed by atoms with E-state index < -0.39 is 0 Å². The number of amides is 2. The van der Waals surface area contributed by atoms with Crippen LogP contribution in [0.2, 0.25) is 0 Å². The summed E-state index contributed by atoms with van der Waals surface area (Å²) < 4.78 is 5.25. The molecule has 1 heterocycles. The van der Waals surface area contributed by atoms with Gasteiger partial charge in [-0.25, -0.2) is 4.90 Å². The highest BCUT2D eigenvalue weighted by Crippen LogP contribution is 2.35. The Balaban J connectivity index is 1.84. The van der Waals surface area contributed by atoms with Gasteiger partial charge in [-0.05, 0) is 85.8 Å². The Hall–Kier alpha value is -3.86. The summed E-state index contributed by atoms with van der Waals surface area (Å²) in [5, 5.41) is 3.27. The Morgan fingerprint density at radius 1 is 0.750 bits per heavy atom. The number of benzene rings is 3. The van der Waals surface area contributed by atoms with Gasteiger partial charge in [-0.15, -0.1) is 0 Å². The average Bonchev–Trinajstić information content (AvgIpc) is 3.02. The third kappa shape index (κ3) is 3.78. The highest BCUT2D eigenvalue weighted by atomic mass is 16.5. The number of anilines is 2. The lowest BCUT2D eigenvalue weighted by atomic mass is 10.0. The minimum absolute atomic E-state index is 0.270. The number of carbonyl (C=O) groups is 2. The smallest absolute Gasteiger partial charge is 0.282 e. The summed E-state index contributed by atoms with van der Waals surface area (Å²) >= 11 is 0. The second kappa shape index (κ2) is 8.35. The molecule has 32 heavy (non-hydrogen) atoms. The number of nitrogens with one attached hydrogen (secondary N) is 1. The molecular weight excluding hydrogens is 400 g/mol. The van der Waals surface area contributed by atoms with Gasteiger partial charge in [0.2, 0.25) is 0 Å². The molecule has 1 aliphatic heterocycles. The Morgan fingerprint density at radius 2 is 1.44 bits per heavy atom. The van der Waals surface area contributed by atoms with E-state index in [2.05, 4.69) is 5.32 Å². The fourth-order valence-corrected chi connectivity index (χ4v) is 3.78. The van der Waals surface area contributed by atoms with Crippen molar-refractivity contribution in [3.05, 3.63) is 94.2 Å². The molecule has 1 aliphatic rings. The van der Waals surface area contributed by atoms with Crippen molar-refractivity contribution in [1.82, 2.24) is 0 Å². The zero-order chi connectivity index (χ0) is 23.0. The molecule has 1 N–H and O–H groups in total. The lowest BCUT2D eigenvalue weighted by Crippen LogP contribution is -2.32. The van der Waals surface area contributed by atoms with Crippen LogP contribution in [0.3, 0.4) is 0 Å². The van der Waals surface area contributed by atoms with Crippen LogP contribution < -0.4 is 15.0 Å². The Kier molecular flexibility index (Phi) is 5.57. The van der Waals surface area contributed by atoms with E-state index in [1.807, 2.05) is 64.1 Å². The van der Waals surface area contributed by atoms with Crippen molar-refractivity contribution in [2.24, 2.45) is 0 Å². The van der Waals surface area contributed by atoms with Crippen molar-refractivity contribution in [1.29, 1.82) is 0 Å². The summed E-state index contributed by atoms with van der Waals surface area (Å²) in [6.07, 6.45) is 0. The number of hydrogen-bond donors (Lipinski definition) is 1. The molecule has 0 unspecified atom stereocenters. The van der Waals surface area contributed by atoms with E-state index in [0.29, 0.717) is 22.6 Å². The molecule has 0 radical (unpaired) electrons.